The number of nitrogens with zero attached hydrogens (tertiary/aromatic N) is 3. The van der Waals surface area contributed by atoms with Crippen molar-refractivity contribution in [2.24, 2.45) is 10.7 Å². The molecular formula is C32H34N8O2S2. The predicted octanol–water partition coefficient (Wildman–Crippen LogP) is 5.93. The highest BCUT2D eigenvalue weighted by atomic mass is 32.2. The van der Waals surface area contributed by atoms with Crippen molar-refractivity contribution in [2.75, 3.05) is 0 Å². The number of rotatable bonds is 11. The van der Waals surface area contributed by atoms with E-state index in [-0.39, 0.29) is 45.1 Å². The monoisotopic (exact) mass is 626 g/mol. The number of thioether (sulfide) groups is 2. The van der Waals surface area contributed by atoms with Crippen molar-refractivity contribution in [3.8, 4) is 11.4 Å². The Kier molecular flexibility index (Phi) is 11.9. The minimum atomic E-state index is -0.377. The number of benzene rings is 2. The van der Waals surface area contributed by atoms with Gasteiger partial charge in [-0.25, -0.2) is 0 Å². The van der Waals surface area contributed by atoms with Gasteiger partial charge in [0.1, 0.15) is 0 Å². The average Bonchev–Trinajstić information content (AvgIpc) is 3.71. The van der Waals surface area contributed by atoms with Gasteiger partial charge in [0.25, 0.3) is 5.91 Å². The van der Waals surface area contributed by atoms with Crippen LogP contribution in [0.4, 0.5) is 0 Å². The molecule has 0 atom stereocenters. The smallest absolute Gasteiger partial charge is 0.252 e. The molecule has 0 aliphatic carbocycles. The Morgan fingerprint density at radius 1 is 0.727 bits per heavy atom. The van der Waals surface area contributed by atoms with Gasteiger partial charge in [0.2, 0.25) is 5.91 Å². The van der Waals surface area contributed by atoms with Crippen molar-refractivity contribution in [3.05, 3.63) is 109 Å². The minimum absolute atomic E-state index is 0.0329. The summed E-state index contributed by atoms with van der Waals surface area (Å²) in [6, 6.07) is 23.0. The normalized spacial score (nSPS) is 11.2. The third-order valence-electron chi connectivity index (χ3n) is 6.34. The summed E-state index contributed by atoms with van der Waals surface area (Å²) >= 11 is 1.87. The van der Waals surface area contributed by atoms with Gasteiger partial charge in [-0.15, -0.1) is 0 Å². The second kappa shape index (κ2) is 16.2. The van der Waals surface area contributed by atoms with Gasteiger partial charge in [0.15, 0.2) is 10.3 Å². The quantitative estimate of drug-likeness (QED) is 0.0790. The van der Waals surface area contributed by atoms with E-state index in [9.17, 15) is 9.59 Å². The summed E-state index contributed by atoms with van der Waals surface area (Å²) in [6.07, 6.45) is 10.1. The van der Waals surface area contributed by atoms with Crippen LogP contribution in [-0.2, 0) is 22.4 Å². The first-order chi connectivity index (χ1) is 21.2. The molecule has 0 saturated carbocycles. The zero-order valence-corrected chi connectivity index (χ0v) is 25.7. The maximum Gasteiger partial charge on any atom is 0.252 e. The molecule has 2 aromatic carbocycles. The van der Waals surface area contributed by atoms with Crippen molar-refractivity contribution < 1.29 is 9.59 Å². The molecule has 0 saturated heterocycles. The molecule has 0 aliphatic rings. The molecule has 2 amide bonds. The summed E-state index contributed by atoms with van der Waals surface area (Å²) in [7, 11) is 0. The van der Waals surface area contributed by atoms with E-state index in [0.717, 1.165) is 46.0 Å². The predicted molar refractivity (Wildman–Crippen MR) is 181 cm³/mol. The van der Waals surface area contributed by atoms with Gasteiger partial charge < -0.3 is 20.2 Å². The first kappa shape index (κ1) is 32.2. The van der Waals surface area contributed by atoms with E-state index in [2.05, 4.69) is 10.3 Å². The fourth-order valence-electron chi connectivity index (χ4n) is 4.33. The number of nitrogens with one attached hydrogen (secondary N) is 4. The molecule has 10 nitrogen and oxygen atoms in total. The molecule has 0 bridgehead atoms. The Bertz CT molecular complexity index is 1650. The van der Waals surface area contributed by atoms with Gasteiger partial charge in [0.05, 0.1) is 22.9 Å². The van der Waals surface area contributed by atoms with Crippen molar-refractivity contribution in [3.63, 3.8) is 0 Å². The lowest BCUT2D eigenvalue weighted by molar-refractivity contribution is -0.119. The van der Waals surface area contributed by atoms with Crippen LogP contribution < -0.4 is 11.1 Å². The zero-order valence-electron chi connectivity index (χ0n) is 24.0. The standard InChI is InChI=1S/C32H34N8O2S2/c33-27(43-31(35)37-29(41)21-23-9-7-11-25(19-23)39-15-3-4-16-39)13-1-2-14-28(34)44-32(36)38-30(42)22-24-10-8-12-26(20-24)40-17-5-6-18-40/h3-12,15-20,33-34H,1-2,13-14,21-22H2,(H2,35,37,41)(H2,36,38,42). The zero-order chi connectivity index (χ0) is 31.3. The fourth-order valence-corrected chi connectivity index (χ4v) is 5.64. The molecule has 226 valence electrons. The molecule has 0 radical (unpaired) electrons. The molecule has 2 heterocycles. The highest BCUT2D eigenvalue weighted by molar-refractivity contribution is 8.26. The highest BCUT2D eigenvalue weighted by Crippen LogP contribution is 2.16. The van der Waals surface area contributed by atoms with E-state index in [1.165, 1.54) is 0 Å². The Morgan fingerprint density at radius 2 is 1.23 bits per heavy atom. The van der Waals surface area contributed by atoms with Gasteiger partial charge in [-0.2, -0.15) is 4.99 Å². The number of hydrogen-bond acceptors (Lipinski definition) is 7. The summed E-state index contributed by atoms with van der Waals surface area (Å²) < 4.78 is 3.91. The van der Waals surface area contributed by atoms with E-state index in [1.807, 2.05) is 107 Å². The molecule has 44 heavy (non-hydrogen) atoms. The number of hydrogen-bond donors (Lipinski definition) is 5. The number of carbonyl (C=O) groups excluding carboxylic acids is 2. The number of aliphatic imine (C=N–C) groups is 1. The number of amidine groups is 2. The largest absolute Gasteiger partial charge is 0.378 e. The van der Waals surface area contributed by atoms with Crippen LogP contribution in [0, 0.1) is 16.2 Å². The Labute approximate surface area is 264 Å². The van der Waals surface area contributed by atoms with Crippen LogP contribution in [0.3, 0.4) is 0 Å². The number of amides is 2. The second-order valence-corrected chi connectivity index (χ2v) is 12.1. The van der Waals surface area contributed by atoms with E-state index in [1.54, 1.807) is 0 Å². The van der Waals surface area contributed by atoms with Crippen LogP contribution in [0.25, 0.3) is 11.4 Å². The third kappa shape index (κ3) is 10.5. The minimum Gasteiger partial charge on any atom is -0.378 e. The summed E-state index contributed by atoms with van der Waals surface area (Å²) in [6.45, 7) is 0. The van der Waals surface area contributed by atoms with Crippen molar-refractivity contribution in [2.45, 2.75) is 38.5 Å². The lowest BCUT2D eigenvalue weighted by Gasteiger charge is -2.09. The summed E-state index contributed by atoms with van der Waals surface area (Å²) in [5.74, 6) is -0.688. The lowest BCUT2D eigenvalue weighted by atomic mass is 10.1. The summed E-state index contributed by atoms with van der Waals surface area (Å²) in [5.41, 5.74) is 9.47. The van der Waals surface area contributed by atoms with Gasteiger partial charge in [-0.3, -0.25) is 25.8 Å². The maximum atomic E-state index is 12.4. The molecule has 0 fully saturated rings. The van der Waals surface area contributed by atoms with Crippen molar-refractivity contribution >= 4 is 55.8 Å². The molecule has 12 heteroatoms. The highest BCUT2D eigenvalue weighted by Gasteiger charge is 2.11. The SMILES string of the molecule is N=C(CCCCC(=N)SC(N)=NC(=O)Cc1cccc(-n2cccc2)c1)SC(=N)NC(=O)Cc1cccc(-n2cccc2)c1. The lowest BCUT2D eigenvalue weighted by Crippen LogP contribution is -2.29. The summed E-state index contributed by atoms with van der Waals surface area (Å²) in [4.78, 5) is 28.8. The van der Waals surface area contributed by atoms with Gasteiger partial charge in [-0.05, 0) is 109 Å². The van der Waals surface area contributed by atoms with Crippen molar-refractivity contribution in [1.82, 2.24) is 14.5 Å². The van der Waals surface area contributed by atoms with Crippen LogP contribution in [0.1, 0.15) is 36.8 Å². The number of unbranched alkanes of at least 4 members (excludes halogenated alkanes) is 1. The topological polar surface area (TPSA) is 166 Å². The van der Waals surface area contributed by atoms with E-state index in [0.29, 0.717) is 25.7 Å². The molecule has 0 aliphatic heterocycles. The van der Waals surface area contributed by atoms with Gasteiger partial charge in [-0.1, -0.05) is 24.3 Å². The number of aromatic nitrogens is 2. The number of nitrogens with two attached hydrogens (primary N) is 1. The van der Waals surface area contributed by atoms with Gasteiger partial charge in [0, 0.05) is 36.2 Å². The van der Waals surface area contributed by atoms with Crippen LogP contribution in [0.5, 0.6) is 0 Å². The van der Waals surface area contributed by atoms with Crippen LogP contribution in [0.15, 0.2) is 103 Å². The average molecular weight is 627 g/mol. The molecule has 6 N–H and O–H groups in total. The summed E-state index contributed by atoms with van der Waals surface area (Å²) in [5, 5.41) is 27.4. The van der Waals surface area contributed by atoms with E-state index in [4.69, 9.17) is 22.0 Å². The molecule has 4 rings (SSSR count). The van der Waals surface area contributed by atoms with Crippen LogP contribution >= 0.6 is 23.5 Å². The van der Waals surface area contributed by atoms with Crippen LogP contribution in [-0.4, -0.2) is 41.4 Å². The first-order valence-corrected chi connectivity index (χ1v) is 15.6. The van der Waals surface area contributed by atoms with E-state index < -0.39 is 0 Å². The van der Waals surface area contributed by atoms with Crippen molar-refractivity contribution in [1.29, 1.82) is 16.2 Å². The Morgan fingerprint density at radius 3 is 1.77 bits per heavy atom. The molecular weight excluding hydrogens is 593 g/mol. The first-order valence-electron chi connectivity index (χ1n) is 14.0. The third-order valence-corrected chi connectivity index (χ3v) is 7.85. The molecule has 0 unspecified atom stereocenters. The maximum absolute atomic E-state index is 12.4. The number of carbonyl (C=O) groups is 2. The van der Waals surface area contributed by atoms with E-state index >= 15 is 0 Å². The van der Waals surface area contributed by atoms with Gasteiger partial charge >= 0.3 is 0 Å². The fraction of sp³-hybridized carbons (Fsp3) is 0.188. The Hall–Kier alpha value is -4.68. The molecule has 0 spiro atoms. The van der Waals surface area contributed by atoms with Crippen LogP contribution in [0.2, 0.25) is 0 Å². The Balaban J connectivity index is 1.10. The second-order valence-electron chi connectivity index (χ2n) is 9.85. The molecule has 2 aromatic heterocycles. The molecule has 4 aromatic rings.